The molecule has 18 heavy (non-hydrogen) atoms. The molecule has 0 bridgehead atoms. The summed E-state index contributed by atoms with van der Waals surface area (Å²) >= 11 is 2.14. The lowest BCUT2D eigenvalue weighted by atomic mass is 10.1. The Labute approximate surface area is 122 Å². The molecule has 0 unspecified atom stereocenters. The first-order chi connectivity index (χ1) is 8.38. The fourth-order valence-corrected chi connectivity index (χ4v) is 2.49. The minimum absolute atomic E-state index is 0.0760. The molecular weight excluding hydrogens is 339 g/mol. The molecular formula is C14H17IN2O. The highest BCUT2D eigenvalue weighted by Crippen LogP contribution is 2.18. The number of hydrogen-bond acceptors (Lipinski definition) is 2. The fraction of sp³-hybridized carbons (Fsp3) is 0.429. The first kappa shape index (κ1) is 15.0. The highest BCUT2D eigenvalue weighted by atomic mass is 127. The van der Waals surface area contributed by atoms with Crippen LogP contribution in [0.3, 0.4) is 0 Å². The van der Waals surface area contributed by atoms with Gasteiger partial charge in [-0.25, -0.2) is 0 Å². The quantitative estimate of drug-likeness (QED) is 0.779. The summed E-state index contributed by atoms with van der Waals surface area (Å²) in [6.45, 7) is 7.93. The van der Waals surface area contributed by atoms with Gasteiger partial charge in [-0.2, -0.15) is 5.26 Å². The molecule has 0 aliphatic rings. The molecule has 0 fully saturated rings. The summed E-state index contributed by atoms with van der Waals surface area (Å²) in [5, 5.41) is 9.13. The monoisotopic (exact) mass is 356 g/mol. The van der Waals surface area contributed by atoms with Gasteiger partial charge in [0.05, 0.1) is 17.2 Å². The number of amides is 1. The molecule has 0 spiro atoms. The molecule has 0 aromatic heterocycles. The number of carbonyl (C=O) groups is 1. The van der Waals surface area contributed by atoms with Crippen LogP contribution in [0.2, 0.25) is 0 Å². The van der Waals surface area contributed by atoms with Gasteiger partial charge in [-0.05, 0) is 68.5 Å². The van der Waals surface area contributed by atoms with Gasteiger partial charge in [-0.15, -0.1) is 0 Å². The van der Waals surface area contributed by atoms with Crippen molar-refractivity contribution >= 4 is 28.5 Å². The van der Waals surface area contributed by atoms with Crippen LogP contribution in [0.15, 0.2) is 18.2 Å². The molecule has 1 rings (SSSR count). The van der Waals surface area contributed by atoms with Crippen LogP contribution in [-0.2, 0) is 0 Å². The Hall–Kier alpha value is -1.09. The van der Waals surface area contributed by atoms with Gasteiger partial charge in [0.25, 0.3) is 5.91 Å². The number of benzene rings is 1. The van der Waals surface area contributed by atoms with Gasteiger partial charge in [0.2, 0.25) is 0 Å². The summed E-state index contributed by atoms with van der Waals surface area (Å²) in [7, 11) is 0. The zero-order valence-corrected chi connectivity index (χ0v) is 13.2. The molecule has 0 saturated heterocycles. The van der Waals surface area contributed by atoms with E-state index in [2.05, 4.69) is 28.7 Å². The lowest BCUT2D eigenvalue weighted by Crippen LogP contribution is -2.42. The number of carbonyl (C=O) groups excluding carboxylic acids is 1. The van der Waals surface area contributed by atoms with Crippen molar-refractivity contribution in [2.75, 3.05) is 0 Å². The van der Waals surface area contributed by atoms with Crippen LogP contribution in [-0.4, -0.2) is 22.9 Å². The van der Waals surface area contributed by atoms with Crippen LogP contribution >= 0.6 is 22.6 Å². The summed E-state index contributed by atoms with van der Waals surface area (Å²) in [6, 6.07) is 7.66. The van der Waals surface area contributed by atoms with E-state index in [4.69, 9.17) is 5.26 Å². The maximum atomic E-state index is 12.5. The van der Waals surface area contributed by atoms with E-state index in [0.29, 0.717) is 11.1 Å². The Morgan fingerprint density at radius 3 is 2.28 bits per heavy atom. The summed E-state index contributed by atoms with van der Waals surface area (Å²) in [6.07, 6.45) is 0. The molecule has 1 aromatic rings. The molecule has 1 amide bonds. The molecule has 0 radical (unpaired) electrons. The van der Waals surface area contributed by atoms with Crippen molar-refractivity contribution in [3.05, 3.63) is 32.9 Å². The number of rotatable bonds is 3. The first-order valence-electron chi connectivity index (χ1n) is 5.90. The smallest absolute Gasteiger partial charge is 0.255 e. The minimum atomic E-state index is -0.0760. The van der Waals surface area contributed by atoms with Crippen LogP contribution in [0.5, 0.6) is 0 Å². The van der Waals surface area contributed by atoms with Crippen molar-refractivity contribution < 1.29 is 4.79 Å². The summed E-state index contributed by atoms with van der Waals surface area (Å²) < 4.78 is 0.960. The topological polar surface area (TPSA) is 44.1 Å². The predicted molar refractivity (Wildman–Crippen MR) is 80.3 cm³/mol. The lowest BCUT2D eigenvalue weighted by Gasteiger charge is -2.31. The van der Waals surface area contributed by atoms with Gasteiger partial charge in [-0.3, -0.25) is 4.79 Å². The summed E-state index contributed by atoms with van der Waals surface area (Å²) in [5.41, 5.74) is 0.929. The van der Waals surface area contributed by atoms with Crippen LogP contribution in [0.4, 0.5) is 0 Å². The van der Waals surface area contributed by atoms with Crippen molar-refractivity contribution in [1.82, 2.24) is 4.90 Å². The number of nitrogens with zero attached hydrogens (tertiary/aromatic N) is 2. The average molecular weight is 356 g/mol. The Bertz CT molecular complexity index is 481. The lowest BCUT2D eigenvalue weighted by molar-refractivity contribution is 0.0643. The second-order valence-electron chi connectivity index (χ2n) is 4.70. The van der Waals surface area contributed by atoms with Crippen molar-refractivity contribution in [3.63, 3.8) is 0 Å². The van der Waals surface area contributed by atoms with E-state index < -0.39 is 0 Å². The molecule has 0 atom stereocenters. The van der Waals surface area contributed by atoms with Crippen LogP contribution in [0, 0.1) is 14.9 Å². The van der Waals surface area contributed by atoms with Crippen LogP contribution in [0.1, 0.15) is 43.6 Å². The minimum Gasteiger partial charge on any atom is -0.334 e. The van der Waals surface area contributed by atoms with Gasteiger partial charge in [0, 0.05) is 15.7 Å². The van der Waals surface area contributed by atoms with E-state index in [-0.39, 0.29) is 18.0 Å². The second kappa shape index (κ2) is 6.19. The maximum absolute atomic E-state index is 12.5. The molecule has 0 heterocycles. The first-order valence-corrected chi connectivity index (χ1v) is 6.98. The van der Waals surface area contributed by atoms with Gasteiger partial charge in [-0.1, -0.05) is 0 Å². The van der Waals surface area contributed by atoms with Crippen molar-refractivity contribution in [1.29, 1.82) is 5.26 Å². The highest BCUT2D eigenvalue weighted by molar-refractivity contribution is 14.1. The molecule has 4 heteroatoms. The van der Waals surface area contributed by atoms with E-state index in [1.165, 1.54) is 0 Å². The largest absolute Gasteiger partial charge is 0.334 e. The van der Waals surface area contributed by atoms with E-state index >= 15 is 0 Å². The number of nitriles is 1. The maximum Gasteiger partial charge on any atom is 0.255 e. The Morgan fingerprint density at radius 2 is 1.83 bits per heavy atom. The van der Waals surface area contributed by atoms with Crippen LogP contribution in [0.25, 0.3) is 0 Å². The molecule has 3 nitrogen and oxygen atoms in total. The van der Waals surface area contributed by atoms with Crippen molar-refractivity contribution in [3.8, 4) is 6.07 Å². The van der Waals surface area contributed by atoms with Crippen molar-refractivity contribution in [2.24, 2.45) is 0 Å². The predicted octanol–water partition coefficient (Wildman–Crippen LogP) is 3.42. The van der Waals surface area contributed by atoms with E-state index in [1.54, 1.807) is 17.0 Å². The van der Waals surface area contributed by atoms with E-state index in [0.717, 1.165) is 3.57 Å². The SMILES string of the molecule is CC(C)N(C(=O)c1ccc(I)cc1C#N)C(C)C. The third-order valence-corrected chi connectivity index (χ3v) is 3.35. The van der Waals surface area contributed by atoms with Gasteiger partial charge in [0.15, 0.2) is 0 Å². The number of halogens is 1. The van der Waals surface area contributed by atoms with E-state index in [9.17, 15) is 4.79 Å². The zero-order valence-electron chi connectivity index (χ0n) is 11.1. The molecule has 0 aliphatic heterocycles. The Morgan fingerprint density at radius 1 is 1.28 bits per heavy atom. The molecule has 1 aromatic carbocycles. The molecule has 0 aliphatic carbocycles. The highest BCUT2D eigenvalue weighted by Gasteiger charge is 2.23. The summed E-state index contributed by atoms with van der Waals surface area (Å²) in [5.74, 6) is -0.0760. The third kappa shape index (κ3) is 3.22. The zero-order chi connectivity index (χ0) is 13.9. The number of hydrogen-bond donors (Lipinski definition) is 0. The molecule has 0 saturated carbocycles. The van der Waals surface area contributed by atoms with Crippen molar-refractivity contribution in [2.45, 2.75) is 39.8 Å². The second-order valence-corrected chi connectivity index (χ2v) is 5.95. The molecule has 96 valence electrons. The Kier molecular flexibility index (Phi) is 5.15. The third-order valence-electron chi connectivity index (χ3n) is 2.68. The van der Waals surface area contributed by atoms with Gasteiger partial charge in [0.1, 0.15) is 0 Å². The normalized spacial score (nSPS) is 10.6. The van der Waals surface area contributed by atoms with Crippen LogP contribution < -0.4 is 0 Å². The molecule has 0 N–H and O–H groups in total. The van der Waals surface area contributed by atoms with Gasteiger partial charge >= 0.3 is 0 Å². The fourth-order valence-electron chi connectivity index (χ4n) is 2.00. The summed E-state index contributed by atoms with van der Waals surface area (Å²) in [4.78, 5) is 14.3. The standard InChI is InChI=1S/C14H17IN2O/c1-9(2)17(10(3)4)14(18)13-6-5-12(15)7-11(13)8-16/h5-7,9-10H,1-4H3. The van der Waals surface area contributed by atoms with Gasteiger partial charge < -0.3 is 4.90 Å². The van der Waals surface area contributed by atoms with E-state index in [1.807, 2.05) is 33.8 Å². The Balaban J connectivity index is 3.22. The average Bonchev–Trinajstić information content (AvgIpc) is 2.27.